The lowest BCUT2D eigenvalue weighted by molar-refractivity contribution is -0.121. The second-order valence-electron chi connectivity index (χ2n) is 6.11. The fourth-order valence-electron chi connectivity index (χ4n) is 4.87. The molecule has 96 valence electrons. The molecule has 1 N–H and O–H groups in total. The van der Waals surface area contributed by atoms with Gasteiger partial charge >= 0.3 is 0 Å². The van der Waals surface area contributed by atoms with Crippen LogP contribution in [0.15, 0.2) is 0 Å². The topological polar surface area (TPSA) is 38.3 Å². The average molecular weight is 237 g/mol. The third-order valence-electron chi connectivity index (χ3n) is 5.67. The molecule has 2 unspecified atom stereocenters. The molecule has 3 rings (SSSR count). The second kappa shape index (κ2) is 3.98. The van der Waals surface area contributed by atoms with Crippen LogP contribution in [0.1, 0.15) is 51.9 Å². The Morgan fingerprint density at radius 3 is 2.76 bits per heavy atom. The van der Waals surface area contributed by atoms with E-state index in [0.29, 0.717) is 11.5 Å². The van der Waals surface area contributed by atoms with Crippen LogP contribution < -0.4 is 5.32 Å². The predicted octanol–water partition coefficient (Wildman–Crippen LogP) is 2.25. The highest BCUT2D eigenvalue weighted by Gasteiger charge is 2.61. The molecule has 0 radical (unpaired) electrons. The summed E-state index contributed by atoms with van der Waals surface area (Å²) in [4.78, 5) is 11.9. The third-order valence-corrected chi connectivity index (χ3v) is 5.67. The molecule has 3 heteroatoms. The van der Waals surface area contributed by atoms with Crippen LogP contribution in [0.5, 0.6) is 0 Å². The Morgan fingerprint density at radius 2 is 2.06 bits per heavy atom. The Hall–Kier alpha value is -0.570. The zero-order chi connectivity index (χ0) is 11.9. The van der Waals surface area contributed by atoms with Crippen molar-refractivity contribution in [2.24, 2.45) is 10.8 Å². The molecule has 3 aliphatic rings. The molecule has 0 aromatic heterocycles. The van der Waals surface area contributed by atoms with Gasteiger partial charge in [-0.2, -0.15) is 0 Å². The van der Waals surface area contributed by atoms with E-state index >= 15 is 0 Å². The summed E-state index contributed by atoms with van der Waals surface area (Å²) in [5.74, 6) is 0.282. The normalized spacial score (nSPS) is 40.1. The maximum Gasteiger partial charge on any atom is 0.220 e. The van der Waals surface area contributed by atoms with E-state index in [2.05, 4.69) is 12.2 Å². The van der Waals surface area contributed by atoms with Crippen LogP contribution in [-0.2, 0) is 9.53 Å². The molecule has 2 aliphatic heterocycles. The van der Waals surface area contributed by atoms with Gasteiger partial charge in [0, 0.05) is 31.1 Å². The summed E-state index contributed by atoms with van der Waals surface area (Å²) in [7, 11) is 0. The fourth-order valence-corrected chi connectivity index (χ4v) is 4.87. The molecule has 1 saturated carbocycles. The SMILES string of the molecule is CCC1NC(=O)CC12CCCC21CCOCC1. The van der Waals surface area contributed by atoms with E-state index < -0.39 is 0 Å². The fraction of sp³-hybridized carbons (Fsp3) is 0.929. The predicted molar refractivity (Wildman–Crippen MR) is 65.6 cm³/mol. The highest BCUT2D eigenvalue weighted by atomic mass is 16.5. The third kappa shape index (κ3) is 1.48. The van der Waals surface area contributed by atoms with Crippen LogP contribution in [0, 0.1) is 10.8 Å². The summed E-state index contributed by atoms with van der Waals surface area (Å²) in [5, 5.41) is 3.23. The maximum absolute atomic E-state index is 11.9. The first-order chi connectivity index (χ1) is 8.22. The van der Waals surface area contributed by atoms with Crippen LogP contribution >= 0.6 is 0 Å². The van der Waals surface area contributed by atoms with Crippen LogP contribution in [0.3, 0.4) is 0 Å². The van der Waals surface area contributed by atoms with Crippen molar-refractivity contribution >= 4 is 5.91 Å². The summed E-state index contributed by atoms with van der Waals surface area (Å²) < 4.78 is 5.55. The highest BCUT2D eigenvalue weighted by Crippen LogP contribution is 2.63. The van der Waals surface area contributed by atoms with Crippen molar-refractivity contribution < 1.29 is 9.53 Å². The van der Waals surface area contributed by atoms with E-state index in [-0.39, 0.29) is 11.3 Å². The minimum Gasteiger partial charge on any atom is -0.381 e. The number of ether oxygens (including phenoxy) is 1. The molecule has 1 amide bonds. The Balaban J connectivity index is 1.95. The molecule has 0 bridgehead atoms. The zero-order valence-corrected chi connectivity index (χ0v) is 10.8. The summed E-state index contributed by atoms with van der Waals surface area (Å²) >= 11 is 0. The van der Waals surface area contributed by atoms with Gasteiger partial charge < -0.3 is 10.1 Å². The molecule has 2 spiro atoms. The smallest absolute Gasteiger partial charge is 0.220 e. The maximum atomic E-state index is 11.9. The quantitative estimate of drug-likeness (QED) is 0.759. The van der Waals surface area contributed by atoms with E-state index in [1.807, 2.05) is 0 Å². The van der Waals surface area contributed by atoms with Gasteiger partial charge in [0.1, 0.15) is 0 Å². The van der Waals surface area contributed by atoms with Crippen molar-refractivity contribution in [1.29, 1.82) is 0 Å². The van der Waals surface area contributed by atoms with Crippen LogP contribution in [-0.4, -0.2) is 25.2 Å². The number of hydrogen-bond acceptors (Lipinski definition) is 2. The van der Waals surface area contributed by atoms with Gasteiger partial charge in [0.05, 0.1) is 0 Å². The summed E-state index contributed by atoms with van der Waals surface area (Å²) in [6.45, 7) is 4.00. The second-order valence-corrected chi connectivity index (χ2v) is 6.11. The van der Waals surface area contributed by atoms with Crippen molar-refractivity contribution in [2.45, 2.75) is 57.9 Å². The van der Waals surface area contributed by atoms with Gasteiger partial charge in [0.2, 0.25) is 5.91 Å². The molecule has 1 aliphatic carbocycles. The van der Waals surface area contributed by atoms with Crippen molar-refractivity contribution in [3.63, 3.8) is 0 Å². The molecule has 0 aromatic carbocycles. The molecular formula is C14H23NO2. The summed E-state index contributed by atoms with van der Waals surface area (Å²) in [5.41, 5.74) is 0.647. The Bertz CT molecular complexity index is 322. The number of fused-ring (bicyclic) bond motifs is 1. The van der Waals surface area contributed by atoms with Crippen molar-refractivity contribution in [2.75, 3.05) is 13.2 Å². The van der Waals surface area contributed by atoms with Gasteiger partial charge in [-0.05, 0) is 37.5 Å². The van der Waals surface area contributed by atoms with E-state index in [0.717, 1.165) is 26.1 Å². The number of carbonyl (C=O) groups excluding carboxylic acids is 1. The summed E-state index contributed by atoms with van der Waals surface area (Å²) in [6.07, 6.45) is 8.02. The number of hydrogen-bond donors (Lipinski definition) is 1. The lowest BCUT2D eigenvalue weighted by atomic mass is 9.57. The largest absolute Gasteiger partial charge is 0.381 e. The van der Waals surface area contributed by atoms with Crippen LogP contribution in [0.4, 0.5) is 0 Å². The number of amides is 1. The molecule has 2 saturated heterocycles. The molecule has 2 heterocycles. The lowest BCUT2D eigenvalue weighted by Gasteiger charge is -2.48. The van der Waals surface area contributed by atoms with Gasteiger partial charge in [0.25, 0.3) is 0 Å². The summed E-state index contributed by atoms with van der Waals surface area (Å²) in [6, 6.07) is 0.413. The monoisotopic (exact) mass is 237 g/mol. The van der Waals surface area contributed by atoms with Crippen molar-refractivity contribution in [1.82, 2.24) is 5.32 Å². The standard InChI is InChI=1S/C14H23NO2/c1-2-11-14(10-12(16)15-11)5-3-4-13(14)6-8-17-9-7-13/h11H,2-10H2,1H3,(H,15,16). The Labute approximate surface area is 103 Å². The van der Waals surface area contributed by atoms with Gasteiger partial charge in [0.15, 0.2) is 0 Å². The zero-order valence-electron chi connectivity index (χ0n) is 10.8. The van der Waals surface area contributed by atoms with Gasteiger partial charge in [-0.1, -0.05) is 13.3 Å². The molecule has 3 nitrogen and oxygen atoms in total. The van der Waals surface area contributed by atoms with Crippen molar-refractivity contribution in [3.05, 3.63) is 0 Å². The van der Waals surface area contributed by atoms with E-state index in [1.165, 1.54) is 32.1 Å². The minimum atomic E-state index is 0.253. The lowest BCUT2D eigenvalue weighted by Crippen LogP contribution is -2.48. The molecule has 2 atom stereocenters. The van der Waals surface area contributed by atoms with E-state index in [9.17, 15) is 4.79 Å². The van der Waals surface area contributed by atoms with Crippen LogP contribution in [0.2, 0.25) is 0 Å². The average Bonchev–Trinajstić information content (AvgIpc) is 2.84. The van der Waals surface area contributed by atoms with Gasteiger partial charge in [-0.25, -0.2) is 0 Å². The highest BCUT2D eigenvalue weighted by molar-refractivity contribution is 5.80. The number of nitrogens with one attached hydrogen (secondary N) is 1. The first-order valence-electron chi connectivity index (χ1n) is 7.10. The number of carbonyl (C=O) groups is 1. The number of rotatable bonds is 1. The van der Waals surface area contributed by atoms with Gasteiger partial charge in [-0.15, -0.1) is 0 Å². The molecule has 3 fully saturated rings. The molecular weight excluding hydrogens is 214 g/mol. The first kappa shape index (κ1) is 11.5. The Morgan fingerprint density at radius 1 is 1.29 bits per heavy atom. The minimum absolute atomic E-state index is 0.253. The van der Waals surface area contributed by atoms with Crippen molar-refractivity contribution in [3.8, 4) is 0 Å². The molecule has 0 aromatic rings. The van der Waals surface area contributed by atoms with E-state index in [1.54, 1.807) is 0 Å². The first-order valence-corrected chi connectivity index (χ1v) is 7.10. The Kier molecular flexibility index (Phi) is 2.69. The van der Waals surface area contributed by atoms with Gasteiger partial charge in [-0.3, -0.25) is 4.79 Å². The molecule has 17 heavy (non-hydrogen) atoms. The van der Waals surface area contributed by atoms with E-state index in [4.69, 9.17) is 4.74 Å². The van der Waals surface area contributed by atoms with Crippen LogP contribution in [0.25, 0.3) is 0 Å².